The molecule has 2 heteroatoms. The normalized spacial score (nSPS) is 10.9. The van der Waals surface area contributed by atoms with Gasteiger partial charge in [-0.1, -0.05) is 86.2 Å². The quantitative estimate of drug-likeness (QED) is 0.260. The van der Waals surface area contributed by atoms with Gasteiger partial charge in [-0.05, 0) is 52.8 Å². The molecule has 2 nitrogen and oxygen atoms in total. The fraction of sp³-hybridized carbons (Fsp3) is 0.192. The molecule has 3 aromatic rings. The third kappa shape index (κ3) is 5.20. The van der Waals surface area contributed by atoms with Gasteiger partial charge >= 0.3 is 5.97 Å². The molecule has 0 atom stereocenters. The summed E-state index contributed by atoms with van der Waals surface area (Å²) in [6.45, 7) is 3.63. The molecule has 0 aliphatic carbocycles. The first-order valence-electron chi connectivity index (χ1n) is 9.81. The molecule has 0 radical (unpaired) electrons. The zero-order chi connectivity index (χ0) is 19.8. The summed E-state index contributed by atoms with van der Waals surface area (Å²) < 4.78 is 5.09. The standard InChI is InChI=1S/C26H26O2/c1-3-4-9-22-10-5-7-12-25(22)26-13-8-6-11-23(26)17-14-21-15-18-24(19-16-21)28-20(2)27/h5-8,10-19H,3-4,9H2,1-2H3/b17-14+. The van der Waals surface area contributed by atoms with Crippen molar-refractivity contribution < 1.29 is 9.53 Å². The molecule has 0 aliphatic heterocycles. The molecular formula is C26H26O2. The Bertz CT molecular complexity index is 952. The molecule has 0 aromatic heterocycles. The Morgan fingerprint density at radius 2 is 1.54 bits per heavy atom. The van der Waals surface area contributed by atoms with E-state index in [0.717, 1.165) is 12.0 Å². The second kappa shape index (κ2) is 9.70. The largest absolute Gasteiger partial charge is 0.427 e. The minimum Gasteiger partial charge on any atom is -0.427 e. The van der Waals surface area contributed by atoms with Crippen LogP contribution in [0.3, 0.4) is 0 Å². The van der Waals surface area contributed by atoms with Gasteiger partial charge < -0.3 is 4.74 Å². The van der Waals surface area contributed by atoms with Gasteiger partial charge in [-0.15, -0.1) is 0 Å². The maximum Gasteiger partial charge on any atom is 0.308 e. The number of aryl methyl sites for hydroxylation is 1. The van der Waals surface area contributed by atoms with Gasteiger partial charge in [0.25, 0.3) is 0 Å². The molecular weight excluding hydrogens is 344 g/mol. The second-order valence-electron chi connectivity index (χ2n) is 6.84. The van der Waals surface area contributed by atoms with E-state index in [4.69, 9.17) is 4.74 Å². The van der Waals surface area contributed by atoms with Gasteiger partial charge in [0, 0.05) is 6.92 Å². The summed E-state index contributed by atoms with van der Waals surface area (Å²) in [4.78, 5) is 11.0. The summed E-state index contributed by atoms with van der Waals surface area (Å²) in [6.07, 6.45) is 7.73. The van der Waals surface area contributed by atoms with E-state index in [1.165, 1.54) is 42.0 Å². The van der Waals surface area contributed by atoms with Crippen molar-refractivity contribution >= 4 is 18.1 Å². The number of hydrogen-bond acceptors (Lipinski definition) is 2. The summed E-state index contributed by atoms with van der Waals surface area (Å²) in [6, 6.07) is 24.7. The molecule has 3 aromatic carbocycles. The Hall–Kier alpha value is -3.13. The van der Waals surface area contributed by atoms with Crippen molar-refractivity contribution in [2.45, 2.75) is 33.1 Å². The van der Waals surface area contributed by atoms with Crippen molar-refractivity contribution in [3.8, 4) is 16.9 Å². The van der Waals surface area contributed by atoms with Crippen LogP contribution in [-0.2, 0) is 11.2 Å². The molecule has 0 saturated carbocycles. The Labute approximate surface area is 167 Å². The smallest absolute Gasteiger partial charge is 0.308 e. The fourth-order valence-electron chi connectivity index (χ4n) is 3.25. The lowest BCUT2D eigenvalue weighted by Crippen LogP contribution is -2.00. The molecule has 0 aliphatic rings. The third-order valence-corrected chi connectivity index (χ3v) is 4.67. The Morgan fingerprint density at radius 3 is 2.25 bits per heavy atom. The Kier molecular flexibility index (Phi) is 6.80. The van der Waals surface area contributed by atoms with Crippen LogP contribution in [0, 0.1) is 0 Å². The molecule has 0 amide bonds. The predicted molar refractivity (Wildman–Crippen MR) is 117 cm³/mol. The average molecular weight is 370 g/mol. The first-order valence-corrected chi connectivity index (χ1v) is 9.81. The molecule has 0 N–H and O–H groups in total. The van der Waals surface area contributed by atoms with E-state index in [1.54, 1.807) is 0 Å². The highest BCUT2D eigenvalue weighted by Crippen LogP contribution is 2.29. The number of carbonyl (C=O) groups is 1. The molecule has 142 valence electrons. The summed E-state index contributed by atoms with van der Waals surface area (Å²) in [7, 11) is 0. The molecule has 3 rings (SSSR count). The molecule has 28 heavy (non-hydrogen) atoms. The van der Waals surface area contributed by atoms with Gasteiger partial charge in [-0.3, -0.25) is 4.79 Å². The van der Waals surface area contributed by atoms with Crippen molar-refractivity contribution in [2.75, 3.05) is 0 Å². The van der Waals surface area contributed by atoms with Crippen molar-refractivity contribution in [3.05, 3.63) is 89.5 Å². The number of hydrogen-bond donors (Lipinski definition) is 0. The monoisotopic (exact) mass is 370 g/mol. The fourth-order valence-corrected chi connectivity index (χ4v) is 3.25. The number of rotatable bonds is 7. The number of unbranched alkanes of at least 4 members (excludes halogenated alkanes) is 1. The first-order chi connectivity index (χ1) is 13.7. The highest BCUT2D eigenvalue weighted by atomic mass is 16.5. The van der Waals surface area contributed by atoms with Crippen LogP contribution < -0.4 is 4.74 Å². The van der Waals surface area contributed by atoms with E-state index in [-0.39, 0.29) is 5.97 Å². The maximum absolute atomic E-state index is 11.0. The zero-order valence-corrected chi connectivity index (χ0v) is 16.5. The number of esters is 1. The van der Waals surface area contributed by atoms with Crippen LogP contribution >= 0.6 is 0 Å². The van der Waals surface area contributed by atoms with E-state index in [1.807, 2.05) is 24.3 Å². The lowest BCUT2D eigenvalue weighted by molar-refractivity contribution is -0.131. The molecule has 0 spiro atoms. The maximum atomic E-state index is 11.0. The van der Waals surface area contributed by atoms with Gasteiger partial charge in [0.05, 0.1) is 0 Å². The number of carbonyl (C=O) groups excluding carboxylic acids is 1. The van der Waals surface area contributed by atoms with E-state index in [2.05, 4.69) is 67.6 Å². The first kappa shape index (κ1) is 19.6. The molecule has 0 heterocycles. The SMILES string of the molecule is CCCCc1ccccc1-c1ccccc1/C=C/c1ccc(OC(C)=O)cc1. The molecule has 0 bridgehead atoms. The second-order valence-corrected chi connectivity index (χ2v) is 6.84. The van der Waals surface area contributed by atoms with Crippen LogP contribution in [0.5, 0.6) is 5.75 Å². The zero-order valence-electron chi connectivity index (χ0n) is 16.5. The third-order valence-electron chi connectivity index (χ3n) is 4.67. The van der Waals surface area contributed by atoms with Crippen LogP contribution in [0.2, 0.25) is 0 Å². The summed E-state index contributed by atoms with van der Waals surface area (Å²) >= 11 is 0. The van der Waals surface area contributed by atoms with Gasteiger partial charge in [0.2, 0.25) is 0 Å². The van der Waals surface area contributed by atoms with E-state index in [9.17, 15) is 4.79 Å². The van der Waals surface area contributed by atoms with Gasteiger partial charge in [-0.2, -0.15) is 0 Å². The van der Waals surface area contributed by atoms with E-state index >= 15 is 0 Å². The van der Waals surface area contributed by atoms with Gasteiger partial charge in [0.15, 0.2) is 0 Å². The molecule has 0 unspecified atom stereocenters. The number of ether oxygens (including phenoxy) is 1. The van der Waals surface area contributed by atoms with E-state index in [0.29, 0.717) is 5.75 Å². The van der Waals surface area contributed by atoms with Crippen molar-refractivity contribution in [1.29, 1.82) is 0 Å². The predicted octanol–water partition coefficient (Wildman–Crippen LogP) is 6.79. The van der Waals surface area contributed by atoms with Crippen molar-refractivity contribution in [1.82, 2.24) is 0 Å². The van der Waals surface area contributed by atoms with Crippen LogP contribution in [0.1, 0.15) is 43.4 Å². The van der Waals surface area contributed by atoms with Crippen LogP contribution in [0.4, 0.5) is 0 Å². The highest BCUT2D eigenvalue weighted by molar-refractivity contribution is 5.82. The Balaban J connectivity index is 1.87. The summed E-state index contributed by atoms with van der Waals surface area (Å²) in [5.41, 5.74) is 6.21. The average Bonchev–Trinajstić information content (AvgIpc) is 2.72. The van der Waals surface area contributed by atoms with Gasteiger partial charge in [-0.25, -0.2) is 0 Å². The summed E-state index contributed by atoms with van der Waals surface area (Å²) in [5, 5.41) is 0. The van der Waals surface area contributed by atoms with Crippen molar-refractivity contribution in [3.63, 3.8) is 0 Å². The summed E-state index contributed by atoms with van der Waals surface area (Å²) in [5.74, 6) is 0.258. The van der Waals surface area contributed by atoms with Gasteiger partial charge in [0.1, 0.15) is 5.75 Å². The lowest BCUT2D eigenvalue weighted by atomic mass is 9.92. The topological polar surface area (TPSA) is 26.3 Å². The molecule has 0 saturated heterocycles. The van der Waals surface area contributed by atoms with Crippen molar-refractivity contribution in [2.24, 2.45) is 0 Å². The van der Waals surface area contributed by atoms with Crippen LogP contribution in [0.25, 0.3) is 23.3 Å². The molecule has 0 fully saturated rings. The van der Waals surface area contributed by atoms with E-state index < -0.39 is 0 Å². The minimum atomic E-state index is -0.307. The van der Waals surface area contributed by atoms with Crippen LogP contribution in [-0.4, -0.2) is 5.97 Å². The Morgan fingerprint density at radius 1 is 0.857 bits per heavy atom. The van der Waals surface area contributed by atoms with Crippen LogP contribution in [0.15, 0.2) is 72.8 Å². The minimum absolute atomic E-state index is 0.307. The number of benzene rings is 3. The lowest BCUT2D eigenvalue weighted by Gasteiger charge is -2.12. The highest BCUT2D eigenvalue weighted by Gasteiger charge is 2.07.